The summed E-state index contributed by atoms with van der Waals surface area (Å²) in [6.07, 6.45) is 1.69. The second-order valence-corrected chi connectivity index (χ2v) is 4.62. The molecule has 0 aliphatic carbocycles. The van der Waals surface area contributed by atoms with Crippen LogP contribution in [0, 0.1) is 13.8 Å². The van der Waals surface area contributed by atoms with Gasteiger partial charge in [-0.05, 0) is 44.7 Å². The number of carboxylic acid groups (broad SMARTS) is 1. The lowest BCUT2D eigenvalue weighted by molar-refractivity contribution is -0.305. The van der Waals surface area contributed by atoms with E-state index in [9.17, 15) is 9.90 Å². The molecule has 0 spiro atoms. The van der Waals surface area contributed by atoms with Gasteiger partial charge in [0.2, 0.25) is 0 Å². The van der Waals surface area contributed by atoms with Crippen molar-refractivity contribution in [1.29, 1.82) is 0 Å². The first-order valence-corrected chi connectivity index (χ1v) is 5.17. The van der Waals surface area contributed by atoms with Crippen molar-refractivity contribution >= 4 is 17.3 Å². The molecule has 0 saturated heterocycles. The summed E-state index contributed by atoms with van der Waals surface area (Å²) in [7, 11) is 0. The summed E-state index contributed by atoms with van der Waals surface area (Å²) < 4.78 is 0. The first kappa shape index (κ1) is 10.3. The van der Waals surface area contributed by atoms with Gasteiger partial charge in [-0.2, -0.15) is 0 Å². The van der Waals surface area contributed by atoms with Crippen LogP contribution in [0.15, 0.2) is 6.07 Å². The van der Waals surface area contributed by atoms with Crippen LogP contribution in [0.2, 0.25) is 0 Å². The fourth-order valence-electron chi connectivity index (χ4n) is 1.35. The fourth-order valence-corrected chi connectivity index (χ4v) is 2.33. The van der Waals surface area contributed by atoms with Gasteiger partial charge in [-0.25, -0.2) is 0 Å². The molecule has 0 fully saturated rings. The topological polar surface area (TPSA) is 40.1 Å². The van der Waals surface area contributed by atoms with Gasteiger partial charge < -0.3 is 9.90 Å². The quantitative estimate of drug-likeness (QED) is 0.732. The molecule has 0 amide bonds. The standard InChI is InChI=1S/C10H14O2S/c1-7-6-9(8(2)13-7)4-3-5-10(11)12/h6H,3-5H2,1-2H3,(H,11,12)/p-1. The second kappa shape index (κ2) is 4.42. The third-order valence-corrected chi connectivity index (χ3v) is 2.98. The molecule has 3 heteroatoms. The van der Waals surface area contributed by atoms with Gasteiger partial charge in [0.05, 0.1) is 0 Å². The molecule has 0 unspecified atom stereocenters. The van der Waals surface area contributed by atoms with Crippen molar-refractivity contribution in [3.8, 4) is 0 Å². The SMILES string of the molecule is Cc1cc(CCCC(=O)[O-])c(C)s1. The smallest absolute Gasteiger partial charge is 0.0414 e. The van der Waals surface area contributed by atoms with Crippen LogP contribution in [0.1, 0.15) is 28.2 Å². The molecular weight excluding hydrogens is 184 g/mol. The van der Waals surface area contributed by atoms with E-state index in [4.69, 9.17) is 0 Å². The predicted molar refractivity (Wildman–Crippen MR) is 51.7 cm³/mol. The highest BCUT2D eigenvalue weighted by molar-refractivity contribution is 7.12. The van der Waals surface area contributed by atoms with Crippen molar-refractivity contribution < 1.29 is 9.90 Å². The fraction of sp³-hybridized carbons (Fsp3) is 0.500. The van der Waals surface area contributed by atoms with E-state index in [0.29, 0.717) is 6.42 Å². The number of carbonyl (C=O) groups excluding carboxylic acids is 1. The first-order valence-electron chi connectivity index (χ1n) is 4.35. The average Bonchev–Trinajstić information content (AvgIpc) is 2.29. The van der Waals surface area contributed by atoms with Crippen LogP contribution in [0.3, 0.4) is 0 Å². The Bertz CT molecular complexity index is 302. The Balaban J connectivity index is 2.45. The van der Waals surface area contributed by atoms with Crippen LogP contribution >= 0.6 is 11.3 Å². The van der Waals surface area contributed by atoms with Crippen molar-refractivity contribution in [2.45, 2.75) is 33.1 Å². The van der Waals surface area contributed by atoms with Gasteiger partial charge in [0, 0.05) is 15.7 Å². The number of thiophene rings is 1. The minimum absolute atomic E-state index is 0.161. The molecule has 0 aromatic carbocycles. The van der Waals surface area contributed by atoms with Crippen LogP contribution in [0.4, 0.5) is 0 Å². The lowest BCUT2D eigenvalue weighted by Crippen LogP contribution is -2.21. The Labute approximate surface area is 82.2 Å². The largest absolute Gasteiger partial charge is 0.550 e. The van der Waals surface area contributed by atoms with Gasteiger partial charge >= 0.3 is 0 Å². The molecule has 0 saturated carbocycles. The number of hydrogen-bond donors (Lipinski definition) is 0. The van der Waals surface area contributed by atoms with Crippen molar-refractivity contribution in [2.24, 2.45) is 0 Å². The van der Waals surface area contributed by atoms with E-state index in [1.54, 1.807) is 11.3 Å². The molecule has 0 aliphatic rings. The summed E-state index contributed by atoms with van der Waals surface area (Å²) >= 11 is 1.76. The molecule has 0 atom stereocenters. The van der Waals surface area contributed by atoms with Crippen molar-refractivity contribution in [3.63, 3.8) is 0 Å². The molecule has 0 radical (unpaired) electrons. The summed E-state index contributed by atoms with van der Waals surface area (Å²) in [4.78, 5) is 12.8. The average molecular weight is 197 g/mol. The molecule has 0 bridgehead atoms. The van der Waals surface area contributed by atoms with Gasteiger partial charge in [-0.1, -0.05) is 0 Å². The molecular formula is C10H13O2S-. The zero-order valence-corrected chi connectivity index (χ0v) is 8.74. The van der Waals surface area contributed by atoms with Crippen LogP contribution in [0.5, 0.6) is 0 Å². The summed E-state index contributed by atoms with van der Waals surface area (Å²) in [6, 6.07) is 2.13. The number of carbonyl (C=O) groups is 1. The van der Waals surface area contributed by atoms with E-state index in [0.717, 1.165) is 6.42 Å². The third kappa shape index (κ3) is 3.19. The zero-order valence-electron chi connectivity index (χ0n) is 7.92. The monoisotopic (exact) mass is 197 g/mol. The van der Waals surface area contributed by atoms with Gasteiger partial charge in [-0.3, -0.25) is 0 Å². The van der Waals surface area contributed by atoms with E-state index >= 15 is 0 Å². The zero-order chi connectivity index (χ0) is 9.84. The molecule has 13 heavy (non-hydrogen) atoms. The van der Waals surface area contributed by atoms with Crippen LogP contribution < -0.4 is 5.11 Å². The number of aryl methyl sites for hydroxylation is 3. The molecule has 72 valence electrons. The van der Waals surface area contributed by atoms with Crippen molar-refractivity contribution in [3.05, 3.63) is 21.4 Å². The minimum atomic E-state index is -0.954. The highest BCUT2D eigenvalue weighted by Crippen LogP contribution is 2.21. The maximum absolute atomic E-state index is 10.2. The number of aliphatic carboxylic acids is 1. The van der Waals surface area contributed by atoms with E-state index in [1.807, 2.05) is 0 Å². The lowest BCUT2D eigenvalue weighted by Gasteiger charge is -2.01. The molecule has 0 N–H and O–H groups in total. The van der Waals surface area contributed by atoms with Crippen LogP contribution in [-0.4, -0.2) is 5.97 Å². The van der Waals surface area contributed by atoms with Crippen molar-refractivity contribution in [2.75, 3.05) is 0 Å². The predicted octanol–water partition coefficient (Wildman–Crippen LogP) is 1.44. The number of carboxylic acids is 1. The number of rotatable bonds is 4. The van der Waals surface area contributed by atoms with E-state index in [-0.39, 0.29) is 6.42 Å². The van der Waals surface area contributed by atoms with Gasteiger partial charge in [0.1, 0.15) is 0 Å². The molecule has 1 heterocycles. The Morgan fingerprint density at radius 3 is 2.69 bits per heavy atom. The van der Waals surface area contributed by atoms with Gasteiger partial charge in [0.25, 0.3) is 0 Å². The Morgan fingerprint density at radius 2 is 2.23 bits per heavy atom. The Kier molecular flexibility index (Phi) is 3.48. The molecule has 2 nitrogen and oxygen atoms in total. The lowest BCUT2D eigenvalue weighted by atomic mass is 10.1. The Morgan fingerprint density at radius 1 is 1.54 bits per heavy atom. The van der Waals surface area contributed by atoms with Crippen LogP contribution in [-0.2, 0) is 11.2 Å². The second-order valence-electron chi connectivity index (χ2n) is 3.16. The maximum atomic E-state index is 10.2. The van der Waals surface area contributed by atoms with E-state index < -0.39 is 5.97 Å². The van der Waals surface area contributed by atoms with Crippen molar-refractivity contribution in [1.82, 2.24) is 0 Å². The van der Waals surface area contributed by atoms with E-state index in [2.05, 4.69) is 19.9 Å². The Hall–Kier alpha value is -0.830. The van der Waals surface area contributed by atoms with Gasteiger partial charge in [0.15, 0.2) is 0 Å². The first-order chi connectivity index (χ1) is 6.09. The summed E-state index contributed by atoms with van der Waals surface area (Å²) in [5.74, 6) is -0.954. The number of hydrogen-bond acceptors (Lipinski definition) is 3. The van der Waals surface area contributed by atoms with Gasteiger partial charge in [-0.15, -0.1) is 11.3 Å². The maximum Gasteiger partial charge on any atom is 0.0414 e. The minimum Gasteiger partial charge on any atom is -0.550 e. The molecule has 0 aliphatic heterocycles. The highest BCUT2D eigenvalue weighted by Gasteiger charge is 2.01. The summed E-state index contributed by atoms with van der Waals surface area (Å²) in [5.41, 5.74) is 1.28. The molecule has 1 aromatic rings. The highest BCUT2D eigenvalue weighted by atomic mass is 32.1. The third-order valence-electron chi connectivity index (χ3n) is 1.97. The van der Waals surface area contributed by atoms with E-state index in [1.165, 1.54) is 15.3 Å². The normalized spacial score (nSPS) is 10.3. The molecule has 1 rings (SSSR count). The van der Waals surface area contributed by atoms with Crippen LogP contribution in [0.25, 0.3) is 0 Å². The summed E-state index contributed by atoms with van der Waals surface area (Å²) in [5, 5.41) is 10.2. The molecule has 1 aromatic heterocycles. The summed E-state index contributed by atoms with van der Waals surface area (Å²) in [6.45, 7) is 4.14.